The number of rotatable bonds is 2. The quantitative estimate of drug-likeness (QED) is 0.842. The SMILES string of the molecule is O=C(/C=C/c1ccc(Br)s1)N1CC(O)C1. The fraction of sp³-hybridized carbons (Fsp3) is 0.300. The standard InChI is InChI=1S/C10H10BrNO2S/c11-9-3-1-8(15-9)2-4-10(14)12-5-7(13)6-12/h1-4,7,13H,5-6H2/b4-2+. The molecule has 0 aromatic carbocycles. The number of hydrogen-bond acceptors (Lipinski definition) is 3. The van der Waals surface area contributed by atoms with Crippen LogP contribution in [0.2, 0.25) is 0 Å². The topological polar surface area (TPSA) is 40.5 Å². The lowest BCUT2D eigenvalue weighted by molar-refractivity contribution is -0.135. The first kappa shape index (κ1) is 10.9. The monoisotopic (exact) mass is 287 g/mol. The fourth-order valence-corrected chi connectivity index (χ4v) is 2.64. The molecule has 0 aliphatic carbocycles. The van der Waals surface area contributed by atoms with Gasteiger partial charge in [-0.2, -0.15) is 0 Å². The van der Waals surface area contributed by atoms with Gasteiger partial charge in [0.15, 0.2) is 0 Å². The zero-order valence-electron chi connectivity index (χ0n) is 7.89. The number of thiophene rings is 1. The lowest BCUT2D eigenvalue weighted by Crippen LogP contribution is -2.52. The number of β-amino-alcohol motifs (C(OH)–C–C–N with tert-alkyl or cyclic N) is 1. The van der Waals surface area contributed by atoms with E-state index in [4.69, 9.17) is 5.11 Å². The third-order valence-corrected chi connectivity index (χ3v) is 3.75. The highest BCUT2D eigenvalue weighted by atomic mass is 79.9. The van der Waals surface area contributed by atoms with Gasteiger partial charge in [-0.15, -0.1) is 11.3 Å². The Bertz CT molecular complexity index is 396. The molecule has 1 amide bonds. The number of aliphatic hydroxyl groups excluding tert-OH is 1. The number of likely N-dealkylation sites (tertiary alicyclic amines) is 1. The molecule has 1 fully saturated rings. The highest BCUT2D eigenvalue weighted by Gasteiger charge is 2.26. The normalized spacial score (nSPS) is 17.1. The Balaban J connectivity index is 1.91. The molecule has 1 aromatic rings. The third kappa shape index (κ3) is 2.68. The molecule has 1 aliphatic heterocycles. The molecule has 2 heterocycles. The molecule has 0 saturated carbocycles. The van der Waals surface area contributed by atoms with Gasteiger partial charge in [-0.3, -0.25) is 4.79 Å². The van der Waals surface area contributed by atoms with E-state index in [1.54, 1.807) is 28.4 Å². The number of carbonyl (C=O) groups excluding carboxylic acids is 1. The van der Waals surface area contributed by atoms with E-state index >= 15 is 0 Å². The molecule has 0 radical (unpaired) electrons. The van der Waals surface area contributed by atoms with Crippen LogP contribution in [-0.4, -0.2) is 35.1 Å². The minimum absolute atomic E-state index is 0.0372. The van der Waals surface area contributed by atoms with E-state index in [1.165, 1.54) is 0 Å². The Labute approximate surface area is 100 Å². The molecule has 15 heavy (non-hydrogen) atoms. The summed E-state index contributed by atoms with van der Waals surface area (Å²) in [5.41, 5.74) is 0. The van der Waals surface area contributed by atoms with Gasteiger partial charge in [0.25, 0.3) is 0 Å². The van der Waals surface area contributed by atoms with E-state index < -0.39 is 0 Å². The van der Waals surface area contributed by atoms with Crippen LogP contribution in [0.1, 0.15) is 4.88 Å². The maximum Gasteiger partial charge on any atom is 0.246 e. The van der Waals surface area contributed by atoms with Crippen molar-refractivity contribution in [3.63, 3.8) is 0 Å². The van der Waals surface area contributed by atoms with Crippen LogP contribution >= 0.6 is 27.3 Å². The van der Waals surface area contributed by atoms with Crippen molar-refractivity contribution in [3.05, 3.63) is 26.9 Å². The summed E-state index contributed by atoms with van der Waals surface area (Å²) in [6, 6.07) is 3.89. The highest BCUT2D eigenvalue weighted by Crippen LogP contribution is 2.23. The summed E-state index contributed by atoms with van der Waals surface area (Å²) < 4.78 is 1.05. The van der Waals surface area contributed by atoms with E-state index in [9.17, 15) is 4.79 Å². The summed E-state index contributed by atoms with van der Waals surface area (Å²) in [6.07, 6.45) is 3.00. The second kappa shape index (κ2) is 4.47. The number of carbonyl (C=O) groups is 1. The molecule has 3 nitrogen and oxygen atoms in total. The second-order valence-corrected chi connectivity index (χ2v) is 5.87. The van der Waals surface area contributed by atoms with Gasteiger partial charge < -0.3 is 10.0 Å². The van der Waals surface area contributed by atoms with Crippen molar-refractivity contribution in [2.75, 3.05) is 13.1 Å². The van der Waals surface area contributed by atoms with Gasteiger partial charge in [0, 0.05) is 24.0 Å². The fourth-order valence-electron chi connectivity index (χ4n) is 1.31. The maximum absolute atomic E-state index is 11.5. The zero-order valence-corrected chi connectivity index (χ0v) is 10.3. The van der Waals surface area contributed by atoms with Gasteiger partial charge in [-0.1, -0.05) is 0 Å². The maximum atomic E-state index is 11.5. The smallest absolute Gasteiger partial charge is 0.246 e. The van der Waals surface area contributed by atoms with E-state index in [-0.39, 0.29) is 12.0 Å². The van der Waals surface area contributed by atoms with Gasteiger partial charge in [-0.25, -0.2) is 0 Å². The predicted molar refractivity (Wildman–Crippen MR) is 63.6 cm³/mol. The molecular weight excluding hydrogens is 278 g/mol. The first-order valence-corrected chi connectivity index (χ1v) is 6.16. The average molecular weight is 288 g/mol. The van der Waals surface area contributed by atoms with Gasteiger partial charge in [-0.05, 0) is 34.1 Å². The molecule has 0 spiro atoms. The number of halogens is 1. The minimum Gasteiger partial charge on any atom is -0.389 e. The van der Waals surface area contributed by atoms with Crippen molar-refractivity contribution in [1.29, 1.82) is 0 Å². The minimum atomic E-state index is -0.335. The summed E-state index contributed by atoms with van der Waals surface area (Å²) in [5, 5.41) is 9.03. The van der Waals surface area contributed by atoms with E-state index in [0.717, 1.165) is 8.66 Å². The van der Waals surface area contributed by atoms with E-state index in [1.807, 2.05) is 12.1 Å². The largest absolute Gasteiger partial charge is 0.389 e. The Hall–Kier alpha value is -0.650. The number of nitrogens with zero attached hydrogens (tertiary/aromatic N) is 1. The van der Waals surface area contributed by atoms with Crippen molar-refractivity contribution < 1.29 is 9.90 Å². The van der Waals surface area contributed by atoms with Crippen molar-refractivity contribution in [2.24, 2.45) is 0 Å². The van der Waals surface area contributed by atoms with Gasteiger partial charge in [0.1, 0.15) is 0 Å². The van der Waals surface area contributed by atoms with Crippen LogP contribution in [0.25, 0.3) is 6.08 Å². The number of hydrogen-bond donors (Lipinski definition) is 1. The highest BCUT2D eigenvalue weighted by molar-refractivity contribution is 9.11. The number of amides is 1. The van der Waals surface area contributed by atoms with Crippen molar-refractivity contribution in [2.45, 2.75) is 6.10 Å². The molecule has 5 heteroatoms. The zero-order chi connectivity index (χ0) is 10.8. The van der Waals surface area contributed by atoms with Crippen molar-refractivity contribution >= 4 is 39.2 Å². The molecule has 80 valence electrons. The van der Waals surface area contributed by atoms with Crippen LogP contribution in [0, 0.1) is 0 Å². The van der Waals surface area contributed by atoms with Gasteiger partial charge in [0.05, 0.1) is 9.89 Å². The first-order valence-electron chi connectivity index (χ1n) is 4.55. The van der Waals surface area contributed by atoms with Crippen LogP contribution in [0.3, 0.4) is 0 Å². The lowest BCUT2D eigenvalue weighted by atomic mass is 10.1. The molecule has 2 rings (SSSR count). The van der Waals surface area contributed by atoms with Crippen LogP contribution in [0.4, 0.5) is 0 Å². The molecule has 1 aromatic heterocycles. The van der Waals surface area contributed by atoms with Crippen LogP contribution in [0.5, 0.6) is 0 Å². The lowest BCUT2D eigenvalue weighted by Gasteiger charge is -2.34. The Morgan fingerprint density at radius 2 is 2.33 bits per heavy atom. The first-order chi connectivity index (χ1) is 7.15. The Morgan fingerprint density at radius 3 is 2.87 bits per heavy atom. The van der Waals surface area contributed by atoms with Gasteiger partial charge >= 0.3 is 0 Å². The molecule has 0 atom stereocenters. The Morgan fingerprint density at radius 1 is 1.60 bits per heavy atom. The third-order valence-electron chi connectivity index (χ3n) is 2.16. The average Bonchev–Trinajstić information content (AvgIpc) is 2.56. The number of aliphatic hydroxyl groups is 1. The predicted octanol–water partition coefficient (Wildman–Crippen LogP) is 1.73. The molecule has 0 bridgehead atoms. The molecule has 0 unspecified atom stereocenters. The van der Waals surface area contributed by atoms with Crippen LogP contribution < -0.4 is 0 Å². The van der Waals surface area contributed by atoms with E-state index in [2.05, 4.69) is 15.9 Å². The van der Waals surface area contributed by atoms with Crippen LogP contribution in [-0.2, 0) is 4.79 Å². The molecule has 1 saturated heterocycles. The summed E-state index contributed by atoms with van der Waals surface area (Å²) in [7, 11) is 0. The Kier molecular flexibility index (Phi) is 3.23. The second-order valence-electron chi connectivity index (χ2n) is 3.37. The van der Waals surface area contributed by atoms with Crippen molar-refractivity contribution in [3.8, 4) is 0 Å². The van der Waals surface area contributed by atoms with Gasteiger partial charge in [0.2, 0.25) is 5.91 Å². The summed E-state index contributed by atoms with van der Waals surface area (Å²) in [5.74, 6) is -0.0372. The van der Waals surface area contributed by atoms with Crippen molar-refractivity contribution in [1.82, 2.24) is 4.90 Å². The summed E-state index contributed by atoms with van der Waals surface area (Å²) in [6.45, 7) is 0.911. The summed E-state index contributed by atoms with van der Waals surface area (Å²) in [4.78, 5) is 14.1. The molecule has 1 aliphatic rings. The summed E-state index contributed by atoms with van der Waals surface area (Å²) >= 11 is 4.93. The molecular formula is C10H10BrNO2S. The van der Waals surface area contributed by atoms with E-state index in [0.29, 0.717) is 13.1 Å². The van der Waals surface area contributed by atoms with Crippen LogP contribution in [0.15, 0.2) is 22.0 Å². The molecule has 1 N–H and O–H groups in total.